The zero-order valence-corrected chi connectivity index (χ0v) is 21.3. The third-order valence-corrected chi connectivity index (χ3v) is 7.72. The molecule has 3 aromatic rings. The highest BCUT2D eigenvalue weighted by atomic mass is 32.1. The summed E-state index contributed by atoms with van der Waals surface area (Å²) in [5.74, 6) is -2.30. The molecule has 2 aliphatic heterocycles. The second-order valence-electron chi connectivity index (χ2n) is 9.26. The second-order valence-corrected chi connectivity index (χ2v) is 10.1. The van der Waals surface area contributed by atoms with Gasteiger partial charge in [-0.25, -0.2) is 9.50 Å². The minimum Gasteiger partial charge on any atom is -0.355 e. The maximum absolute atomic E-state index is 13.1. The molecule has 3 aromatic heterocycles. The summed E-state index contributed by atoms with van der Waals surface area (Å²) in [6, 6.07) is 1.81. The van der Waals surface area contributed by atoms with Gasteiger partial charge in [0.15, 0.2) is 11.3 Å². The molecule has 194 valence electrons. The number of nitrogens with zero attached hydrogens (tertiary/aromatic N) is 6. The SMILES string of the molecule is Cc1cc2nnc(C(=O)N3CCC(c4nc(C(=O)NNC(=O)C5CCCNC5=O)cs4)CC3)c(C)n2n1. The molecule has 2 saturated heterocycles. The van der Waals surface area contributed by atoms with Gasteiger partial charge < -0.3 is 10.2 Å². The van der Waals surface area contributed by atoms with Crippen molar-refractivity contribution in [3.63, 3.8) is 0 Å². The van der Waals surface area contributed by atoms with Crippen molar-refractivity contribution in [1.82, 2.24) is 45.9 Å². The number of likely N-dealkylation sites (tertiary alicyclic amines) is 1. The van der Waals surface area contributed by atoms with Gasteiger partial charge in [0, 0.05) is 37.0 Å². The third-order valence-electron chi connectivity index (χ3n) is 6.72. The molecule has 0 spiro atoms. The van der Waals surface area contributed by atoms with Crippen molar-refractivity contribution < 1.29 is 19.2 Å². The monoisotopic (exact) mass is 525 g/mol. The number of nitrogens with one attached hydrogen (secondary N) is 3. The van der Waals surface area contributed by atoms with E-state index in [-0.39, 0.29) is 29.1 Å². The first-order valence-corrected chi connectivity index (χ1v) is 13.0. The van der Waals surface area contributed by atoms with Crippen molar-refractivity contribution >= 4 is 40.6 Å². The molecule has 5 rings (SSSR count). The summed E-state index contributed by atoms with van der Waals surface area (Å²) >= 11 is 1.37. The number of fused-ring (bicyclic) bond motifs is 1. The van der Waals surface area contributed by atoms with E-state index < -0.39 is 17.7 Å². The molecule has 2 aliphatic rings. The Labute approximate surface area is 216 Å². The Morgan fingerprint density at radius 2 is 1.89 bits per heavy atom. The van der Waals surface area contributed by atoms with E-state index in [0.29, 0.717) is 56.7 Å². The molecule has 0 saturated carbocycles. The molecular formula is C23H27N9O4S. The quantitative estimate of drug-likeness (QED) is 0.328. The largest absolute Gasteiger partial charge is 0.355 e. The summed E-state index contributed by atoms with van der Waals surface area (Å²) in [5, 5.41) is 17.7. The minimum absolute atomic E-state index is 0.111. The molecule has 0 radical (unpaired) electrons. The van der Waals surface area contributed by atoms with Crippen LogP contribution in [0.3, 0.4) is 0 Å². The maximum atomic E-state index is 13.1. The van der Waals surface area contributed by atoms with Crippen LogP contribution in [0.4, 0.5) is 0 Å². The number of piperidine rings is 2. The summed E-state index contributed by atoms with van der Waals surface area (Å²) < 4.78 is 1.64. The summed E-state index contributed by atoms with van der Waals surface area (Å²) in [6.45, 7) is 5.28. The van der Waals surface area contributed by atoms with E-state index in [1.54, 1.807) is 14.8 Å². The molecule has 37 heavy (non-hydrogen) atoms. The van der Waals surface area contributed by atoms with Crippen LogP contribution in [0.15, 0.2) is 11.4 Å². The Balaban J connectivity index is 1.15. The topological polar surface area (TPSA) is 164 Å². The minimum atomic E-state index is -0.812. The van der Waals surface area contributed by atoms with Crippen molar-refractivity contribution in [3.05, 3.63) is 39.2 Å². The van der Waals surface area contributed by atoms with Gasteiger partial charge in [0.05, 0.1) is 16.4 Å². The highest BCUT2D eigenvalue weighted by molar-refractivity contribution is 7.09. The number of aromatic nitrogens is 5. The van der Waals surface area contributed by atoms with Crippen molar-refractivity contribution in [3.8, 4) is 0 Å². The molecule has 0 bridgehead atoms. The number of carbonyl (C=O) groups is 4. The van der Waals surface area contributed by atoms with Crippen molar-refractivity contribution in [2.45, 2.75) is 45.4 Å². The first kappa shape index (κ1) is 24.7. The van der Waals surface area contributed by atoms with Crippen molar-refractivity contribution in [2.75, 3.05) is 19.6 Å². The smallest absolute Gasteiger partial charge is 0.289 e. The zero-order chi connectivity index (χ0) is 26.1. The number of thiazole rings is 1. The molecule has 13 nitrogen and oxygen atoms in total. The molecule has 1 unspecified atom stereocenters. The molecule has 14 heteroatoms. The highest BCUT2D eigenvalue weighted by Crippen LogP contribution is 2.31. The van der Waals surface area contributed by atoms with Crippen LogP contribution in [0.25, 0.3) is 5.65 Å². The van der Waals surface area contributed by atoms with Gasteiger partial charge in [-0.05, 0) is 39.5 Å². The van der Waals surface area contributed by atoms with E-state index in [2.05, 4.69) is 36.4 Å². The maximum Gasteiger partial charge on any atom is 0.289 e. The summed E-state index contributed by atoms with van der Waals surface area (Å²) in [6.07, 6.45) is 2.55. The Kier molecular flexibility index (Phi) is 6.82. The van der Waals surface area contributed by atoms with Crippen LogP contribution in [-0.4, -0.2) is 73.0 Å². The Morgan fingerprint density at radius 1 is 1.11 bits per heavy atom. The van der Waals surface area contributed by atoms with Gasteiger partial charge in [-0.1, -0.05) is 0 Å². The third kappa shape index (κ3) is 5.01. The molecule has 0 aromatic carbocycles. The molecular weight excluding hydrogens is 498 g/mol. The molecule has 5 heterocycles. The molecule has 2 fully saturated rings. The fourth-order valence-electron chi connectivity index (χ4n) is 4.63. The number of aryl methyl sites for hydroxylation is 2. The lowest BCUT2D eigenvalue weighted by molar-refractivity contribution is -0.137. The van der Waals surface area contributed by atoms with Crippen LogP contribution in [0.2, 0.25) is 0 Å². The van der Waals surface area contributed by atoms with Crippen LogP contribution in [0, 0.1) is 19.8 Å². The van der Waals surface area contributed by atoms with E-state index in [9.17, 15) is 19.2 Å². The van der Waals surface area contributed by atoms with Gasteiger partial charge in [-0.15, -0.1) is 21.5 Å². The fourth-order valence-corrected chi connectivity index (χ4v) is 5.60. The van der Waals surface area contributed by atoms with Crippen LogP contribution in [-0.2, 0) is 9.59 Å². The Bertz CT molecular complexity index is 1380. The molecule has 4 amide bonds. The standard InChI is InChI=1S/C23H27N9O4S/c1-12-10-17-26-27-18(13(2)32(17)30-12)23(36)31-8-5-14(6-9-31)22-25-16(11-37-22)21(35)29-28-20(34)15-4-3-7-24-19(15)33/h10-11,14-15H,3-9H2,1-2H3,(H,24,33)(H,28,34)(H,29,35). The number of hydrazine groups is 1. The van der Waals surface area contributed by atoms with E-state index in [1.807, 2.05) is 19.9 Å². The van der Waals surface area contributed by atoms with Gasteiger partial charge in [0.25, 0.3) is 17.7 Å². The number of hydrogen-bond acceptors (Lipinski definition) is 9. The summed E-state index contributed by atoms with van der Waals surface area (Å²) in [5.41, 5.74) is 7.21. The normalized spacial score (nSPS) is 18.5. The van der Waals surface area contributed by atoms with Crippen molar-refractivity contribution in [2.24, 2.45) is 5.92 Å². The number of amides is 4. The number of rotatable bonds is 4. The first-order chi connectivity index (χ1) is 17.8. The Hall–Kier alpha value is -3.94. The van der Waals surface area contributed by atoms with Gasteiger partial charge in [-0.2, -0.15) is 5.10 Å². The van der Waals surface area contributed by atoms with Gasteiger partial charge in [-0.3, -0.25) is 30.0 Å². The zero-order valence-electron chi connectivity index (χ0n) is 20.5. The lowest BCUT2D eigenvalue weighted by Crippen LogP contribution is -2.50. The highest BCUT2D eigenvalue weighted by Gasteiger charge is 2.31. The van der Waals surface area contributed by atoms with E-state index >= 15 is 0 Å². The van der Waals surface area contributed by atoms with Crippen LogP contribution >= 0.6 is 11.3 Å². The van der Waals surface area contributed by atoms with E-state index in [0.717, 1.165) is 10.7 Å². The van der Waals surface area contributed by atoms with Gasteiger partial charge in [0.1, 0.15) is 11.6 Å². The average Bonchev–Trinajstić information content (AvgIpc) is 3.54. The molecule has 3 N–H and O–H groups in total. The van der Waals surface area contributed by atoms with Crippen LogP contribution in [0.5, 0.6) is 0 Å². The van der Waals surface area contributed by atoms with Crippen LogP contribution in [0.1, 0.15) is 69.0 Å². The van der Waals surface area contributed by atoms with Gasteiger partial charge in [0.2, 0.25) is 5.91 Å². The fraction of sp³-hybridized carbons (Fsp3) is 0.478. The van der Waals surface area contributed by atoms with Crippen molar-refractivity contribution in [1.29, 1.82) is 0 Å². The molecule has 0 aliphatic carbocycles. The number of carbonyl (C=O) groups excluding carboxylic acids is 4. The average molecular weight is 526 g/mol. The van der Waals surface area contributed by atoms with Gasteiger partial charge >= 0.3 is 0 Å². The first-order valence-electron chi connectivity index (χ1n) is 12.1. The summed E-state index contributed by atoms with van der Waals surface area (Å²) in [7, 11) is 0. The lowest BCUT2D eigenvalue weighted by Gasteiger charge is -2.31. The predicted octanol–water partition coefficient (Wildman–Crippen LogP) is 0.505. The number of hydrogen-bond donors (Lipinski definition) is 3. The Morgan fingerprint density at radius 3 is 2.65 bits per heavy atom. The lowest BCUT2D eigenvalue weighted by atomic mass is 9.97. The predicted molar refractivity (Wildman–Crippen MR) is 132 cm³/mol. The second kappa shape index (κ2) is 10.2. The van der Waals surface area contributed by atoms with E-state index in [4.69, 9.17) is 0 Å². The van der Waals surface area contributed by atoms with E-state index in [1.165, 1.54) is 11.3 Å². The summed E-state index contributed by atoms with van der Waals surface area (Å²) in [4.78, 5) is 55.9. The molecule has 1 atom stereocenters. The van der Waals surface area contributed by atoms with Crippen LogP contribution < -0.4 is 16.2 Å².